The molecule has 0 saturated heterocycles. The van der Waals surface area contributed by atoms with Crippen molar-refractivity contribution in [3.05, 3.63) is 29.8 Å². The third kappa shape index (κ3) is 4.78. The Balaban J connectivity index is 2.43. The summed E-state index contributed by atoms with van der Waals surface area (Å²) in [5.74, 6) is 1.31. The number of nitrogens with one attached hydrogen (secondary N) is 1. The maximum Gasteiger partial charge on any atom is 0.260 e. The van der Waals surface area contributed by atoms with Gasteiger partial charge in [-0.1, -0.05) is 32.0 Å². The van der Waals surface area contributed by atoms with Gasteiger partial charge in [0.2, 0.25) is 0 Å². The highest BCUT2D eigenvalue weighted by atomic mass is 16.5. The lowest BCUT2D eigenvalue weighted by Crippen LogP contribution is -2.37. The van der Waals surface area contributed by atoms with E-state index in [-0.39, 0.29) is 5.91 Å². The first-order valence-corrected chi connectivity index (χ1v) is 6.50. The van der Waals surface area contributed by atoms with Crippen LogP contribution in [-0.4, -0.2) is 18.6 Å². The molecule has 18 heavy (non-hydrogen) atoms. The zero-order valence-corrected chi connectivity index (χ0v) is 11.7. The molecule has 1 N–H and O–H groups in total. The van der Waals surface area contributed by atoms with Crippen LogP contribution in [0.5, 0.6) is 5.75 Å². The highest BCUT2D eigenvalue weighted by Gasteiger charge is 2.14. The first kappa shape index (κ1) is 14.6. The Kier molecular flexibility index (Phi) is 5.69. The first-order valence-electron chi connectivity index (χ1n) is 6.50. The van der Waals surface area contributed by atoms with Gasteiger partial charge in [-0.05, 0) is 37.8 Å². The van der Waals surface area contributed by atoms with Gasteiger partial charge in [-0.25, -0.2) is 0 Å². The predicted octanol–water partition coefficient (Wildman–Crippen LogP) is 2.92. The van der Waals surface area contributed by atoms with Gasteiger partial charge in [-0.15, -0.1) is 0 Å². The summed E-state index contributed by atoms with van der Waals surface area (Å²) in [6.07, 6.45) is 0.529. The molecule has 1 aromatic carbocycles. The standard InChI is InChI=1S/C15H23NO2/c1-11(2)9-10-16-15(17)13(4)18-14-8-6-5-7-12(14)3/h5-8,11,13H,9-10H2,1-4H3,(H,16,17)/t13-/m1/s1. The average molecular weight is 249 g/mol. The number of aryl methyl sites for hydroxylation is 1. The van der Waals surface area contributed by atoms with E-state index in [1.165, 1.54) is 0 Å². The minimum absolute atomic E-state index is 0.0566. The number of hydrogen-bond acceptors (Lipinski definition) is 2. The van der Waals surface area contributed by atoms with Gasteiger partial charge in [0.25, 0.3) is 5.91 Å². The second-order valence-electron chi connectivity index (χ2n) is 5.00. The highest BCUT2D eigenvalue weighted by molar-refractivity contribution is 5.80. The van der Waals surface area contributed by atoms with E-state index in [1.54, 1.807) is 6.92 Å². The van der Waals surface area contributed by atoms with E-state index >= 15 is 0 Å². The molecule has 0 fully saturated rings. The van der Waals surface area contributed by atoms with Crippen LogP contribution in [-0.2, 0) is 4.79 Å². The molecule has 0 unspecified atom stereocenters. The highest BCUT2D eigenvalue weighted by Crippen LogP contribution is 2.17. The normalized spacial score (nSPS) is 12.3. The Morgan fingerprint density at radius 1 is 1.28 bits per heavy atom. The summed E-state index contributed by atoms with van der Waals surface area (Å²) in [5, 5.41) is 2.89. The van der Waals surface area contributed by atoms with Gasteiger partial charge in [0.05, 0.1) is 0 Å². The minimum Gasteiger partial charge on any atom is -0.481 e. The summed E-state index contributed by atoms with van der Waals surface area (Å²) in [5.41, 5.74) is 1.04. The lowest BCUT2D eigenvalue weighted by molar-refractivity contribution is -0.127. The Labute approximate surface area is 110 Å². The minimum atomic E-state index is -0.460. The molecular formula is C15H23NO2. The summed E-state index contributed by atoms with van der Waals surface area (Å²) >= 11 is 0. The molecule has 100 valence electrons. The van der Waals surface area contributed by atoms with Gasteiger partial charge < -0.3 is 10.1 Å². The van der Waals surface area contributed by atoms with Crippen molar-refractivity contribution in [2.75, 3.05) is 6.54 Å². The van der Waals surface area contributed by atoms with Crippen molar-refractivity contribution in [2.45, 2.75) is 40.2 Å². The molecule has 0 bridgehead atoms. The van der Waals surface area contributed by atoms with Gasteiger partial charge >= 0.3 is 0 Å². The van der Waals surface area contributed by atoms with Gasteiger partial charge in [-0.2, -0.15) is 0 Å². The summed E-state index contributed by atoms with van der Waals surface area (Å²) in [6, 6.07) is 7.72. The van der Waals surface area contributed by atoms with E-state index in [0.29, 0.717) is 12.5 Å². The number of benzene rings is 1. The maximum absolute atomic E-state index is 11.8. The Bertz CT molecular complexity index is 388. The van der Waals surface area contributed by atoms with Gasteiger partial charge in [0.1, 0.15) is 5.75 Å². The number of hydrogen-bond donors (Lipinski definition) is 1. The van der Waals surface area contributed by atoms with Gasteiger partial charge in [0.15, 0.2) is 6.10 Å². The fourth-order valence-electron chi connectivity index (χ4n) is 1.56. The Morgan fingerprint density at radius 2 is 1.94 bits per heavy atom. The SMILES string of the molecule is Cc1ccccc1O[C@H](C)C(=O)NCCC(C)C. The van der Waals surface area contributed by atoms with Crippen molar-refractivity contribution in [3.8, 4) is 5.75 Å². The molecule has 0 aliphatic rings. The molecule has 1 aromatic rings. The third-order valence-electron chi connectivity index (χ3n) is 2.79. The monoisotopic (exact) mass is 249 g/mol. The molecule has 0 heterocycles. The van der Waals surface area contributed by atoms with Crippen LogP contribution >= 0.6 is 0 Å². The van der Waals surface area contributed by atoms with Crippen molar-refractivity contribution >= 4 is 5.91 Å². The summed E-state index contributed by atoms with van der Waals surface area (Å²) in [6.45, 7) is 8.73. The molecule has 1 atom stereocenters. The van der Waals surface area contributed by atoms with Crippen LogP contribution in [0.4, 0.5) is 0 Å². The van der Waals surface area contributed by atoms with Crippen LogP contribution in [0.1, 0.15) is 32.8 Å². The fourth-order valence-corrected chi connectivity index (χ4v) is 1.56. The van der Waals surface area contributed by atoms with Gasteiger partial charge in [-0.3, -0.25) is 4.79 Å². The zero-order valence-electron chi connectivity index (χ0n) is 11.7. The second kappa shape index (κ2) is 7.04. The van der Waals surface area contributed by atoms with Crippen LogP contribution in [0.3, 0.4) is 0 Å². The Morgan fingerprint density at radius 3 is 2.56 bits per heavy atom. The molecule has 1 rings (SSSR count). The van der Waals surface area contributed by atoms with Crippen LogP contribution in [0.15, 0.2) is 24.3 Å². The first-order chi connectivity index (χ1) is 8.50. The molecule has 0 aliphatic heterocycles. The second-order valence-corrected chi connectivity index (χ2v) is 5.00. The van der Waals surface area contributed by atoms with E-state index in [4.69, 9.17) is 4.74 Å². The molecule has 0 aliphatic carbocycles. The molecule has 0 radical (unpaired) electrons. The number of rotatable bonds is 6. The zero-order chi connectivity index (χ0) is 13.5. The van der Waals surface area contributed by atoms with Gasteiger partial charge in [0, 0.05) is 6.54 Å². The predicted molar refractivity (Wildman–Crippen MR) is 73.7 cm³/mol. The van der Waals surface area contributed by atoms with Crippen LogP contribution in [0, 0.1) is 12.8 Å². The molecule has 3 heteroatoms. The van der Waals surface area contributed by atoms with E-state index in [2.05, 4.69) is 19.2 Å². The summed E-state index contributed by atoms with van der Waals surface area (Å²) in [4.78, 5) is 11.8. The largest absolute Gasteiger partial charge is 0.481 e. The van der Waals surface area contributed by atoms with Crippen molar-refractivity contribution in [1.29, 1.82) is 0 Å². The number of carbonyl (C=O) groups excluding carboxylic acids is 1. The number of carbonyl (C=O) groups is 1. The van der Waals surface area contributed by atoms with Crippen molar-refractivity contribution in [1.82, 2.24) is 5.32 Å². The van der Waals surface area contributed by atoms with Crippen molar-refractivity contribution < 1.29 is 9.53 Å². The molecule has 1 amide bonds. The topological polar surface area (TPSA) is 38.3 Å². The molecule has 0 aromatic heterocycles. The van der Waals surface area contributed by atoms with Crippen LogP contribution < -0.4 is 10.1 Å². The Hall–Kier alpha value is -1.51. The molecule has 3 nitrogen and oxygen atoms in total. The quantitative estimate of drug-likeness (QED) is 0.841. The number of para-hydroxylation sites is 1. The van der Waals surface area contributed by atoms with Crippen LogP contribution in [0.2, 0.25) is 0 Å². The lowest BCUT2D eigenvalue weighted by atomic mass is 10.1. The number of amides is 1. The van der Waals surface area contributed by atoms with Crippen molar-refractivity contribution in [3.63, 3.8) is 0 Å². The maximum atomic E-state index is 11.8. The molecule has 0 spiro atoms. The lowest BCUT2D eigenvalue weighted by Gasteiger charge is -2.16. The van der Waals surface area contributed by atoms with E-state index in [9.17, 15) is 4.79 Å². The molecular weight excluding hydrogens is 226 g/mol. The smallest absolute Gasteiger partial charge is 0.260 e. The van der Waals surface area contributed by atoms with E-state index in [0.717, 1.165) is 17.7 Å². The van der Waals surface area contributed by atoms with E-state index in [1.807, 2.05) is 31.2 Å². The third-order valence-corrected chi connectivity index (χ3v) is 2.79. The van der Waals surface area contributed by atoms with Crippen molar-refractivity contribution in [2.24, 2.45) is 5.92 Å². The fraction of sp³-hybridized carbons (Fsp3) is 0.533. The summed E-state index contributed by atoms with van der Waals surface area (Å²) < 4.78 is 5.65. The average Bonchev–Trinajstić information content (AvgIpc) is 2.31. The molecule has 0 saturated carbocycles. The summed E-state index contributed by atoms with van der Waals surface area (Å²) in [7, 11) is 0. The van der Waals surface area contributed by atoms with Crippen LogP contribution in [0.25, 0.3) is 0 Å². The van der Waals surface area contributed by atoms with E-state index < -0.39 is 6.10 Å². The number of ether oxygens (including phenoxy) is 1.